The Balaban J connectivity index is 1.35. The molecule has 0 spiro atoms. The Morgan fingerprint density at radius 1 is 1.14 bits per heavy atom. The van der Waals surface area contributed by atoms with Gasteiger partial charge in [0.25, 0.3) is 5.56 Å². The van der Waals surface area contributed by atoms with Gasteiger partial charge in [0, 0.05) is 24.2 Å². The fraction of sp³-hybridized carbons (Fsp3) is 0.600. The molecule has 0 amide bonds. The summed E-state index contributed by atoms with van der Waals surface area (Å²) in [6.07, 6.45) is 8.23. The normalized spacial score (nSPS) is 25.1. The van der Waals surface area contributed by atoms with Crippen LogP contribution in [0.15, 0.2) is 23.1 Å². The summed E-state index contributed by atoms with van der Waals surface area (Å²) >= 11 is 1.70. The van der Waals surface area contributed by atoms with Gasteiger partial charge in [0.05, 0.1) is 6.04 Å². The number of hydrogen-bond donors (Lipinski definition) is 1. The predicted molar refractivity (Wildman–Crippen MR) is 85.3 cm³/mol. The monoisotopic (exact) mass is 317 g/mol. The van der Waals surface area contributed by atoms with Crippen LogP contribution in [-0.2, 0) is 0 Å². The van der Waals surface area contributed by atoms with Crippen molar-refractivity contribution in [3.63, 3.8) is 0 Å². The molecule has 4 rings (SSSR count). The van der Waals surface area contributed by atoms with E-state index in [1.54, 1.807) is 34.3 Å². The number of aromatic nitrogens is 4. The van der Waals surface area contributed by atoms with Crippen LogP contribution in [-0.4, -0.2) is 26.0 Å². The third kappa shape index (κ3) is 2.90. The Morgan fingerprint density at radius 2 is 1.95 bits per heavy atom. The van der Waals surface area contributed by atoms with E-state index < -0.39 is 0 Å². The largest absolute Gasteiger partial charge is 0.357 e. The first-order chi connectivity index (χ1) is 10.8. The Hall–Kier alpha value is -1.76. The van der Waals surface area contributed by atoms with Crippen molar-refractivity contribution in [1.82, 2.24) is 20.0 Å². The zero-order chi connectivity index (χ0) is 14.9. The fourth-order valence-corrected chi connectivity index (χ4v) is 4.06. The zero-order valence-corrected chi connectivity index (χ0v) is 13.1. The van der Waals surface area contributed by atoms with E-state index in [2.05, 4.69) is 20.6 Å². The number of rotatable bonds is 4. The minimum atomic E-state index is -0.00268. The quantitative estimate of drug-likeness (QED) is 0.938. The molecule has 0 atom stereocenters. The lowest BCUT2D eigenvalue weighted by molar-refractivity contribution is 0.303. The summed E-state index contributed by atoms with van der Waals surface area (Å²) < 4.78 is 1.63. The number of anilines is 1. The topological polar surface area (TPSA) is 72.7 Å². The maximum absolute atomic E-state index is 11.8. The summed E-state index contributed by atoms with van der Waals surface area (Å²) in [6.45, 7) is 0. The van der Waals surface area contributed by atoms with Gasteiger partial charge in [-0.15, -0.1) is 10.2 Å². The molecule has 2 aromatic rings. The molecule has 0 aliphatic heterocycles. The van der Waals surface area contributed by atoms with Gasteiger partial charge in [-0.1, -0.05) is 11.3 Å². The van der Waals surface area contributed by atoms with Gasteiger partial charge in [0.1, 0.15) is 5.01 Å². The summed E-state index contributed by atoms with van der Waals surface area (Å²) in [5, 5.41) is 18.4. The van der Waals surface area contributed by atoms with Crippen molar-refractivity contribution in [2.24, 2.45) is 0 Å². The highest BCUT2D eigenvalue weighted by Gasteiger charge is 2.28. The highest BCUT2D eigenvalue weighted by atomic mass is 32.1. The van der Waals surface area contributed by atoms with E-state index in [1.807, 2.05) is 0 Å². The summed E-state index contributed by atoms with van der Waals surface area (Å²) in [5.41, 5.74) is -0.00268. The second-order valence-corrected chi connectivity index (χ2v) is 7.19. The molecule has 2 aliphatic carbocycles. The molecule has 0 aromatic carbocycles. The zero-order valence-electron chi connectivity index (χ0n) is 12.3. The predicted octanol–water partition coefficient (Wildman–Crippen LogP) is 2.57. The average molecular weight is 317 g/mol. The molecule has 0 bridgehead atoms. The molecule has 2 fully saturated rings. The van der Waals surface area contributed by atoms with Gasteiger partial charge in [0.2, 0.25) is 5.13 Å². The first-order valence-corrected chi connectivity index (χ1v) is 8.75. The van der Waals surface area contributed by atoms with Crippen LogP contribution < -0.4 is 10.9 Å². The van der Waals surface area contributed by atoms with Crippen molar-refractivity contribution >= 4 is 16.5 Å². The lowest BCUT2D eigenvalue weighted by atomic mass is 9.91. The van der Waals surface area contributed by atoms with E-state index in [1.165, 1.54) is 17.8 Å². The van der Waals surface area contributed by atoms with Crippen molar-refractivity contribution in [2.45, 2.75) is 56.5 Å². The third-order valence-corrected chi connectivity index (χ3v) is 5.50. The van der Waals surface area contributed by atoms with Crippen LogP contribution in [0, 0.1) is 0 Å². The Morgan fingerprint density at radius 3 is 2.68 bits per heavy atom. The maximum atomic E-state index is 11.8. The van der Waals surface area contributed by atoms with Crippen molar-refractivity contribution in [3.05, 3.63) is 33.7 Å². The van der Waals surface area contributed by atoms with Crippen molar-refractivity contribution in [1.29, 1.82) is 0 Å². The highest BCUT2D eigenvalue weighted by Crippen LogP contribution is 2.42. The first-order valence-electron chi connectivity index (χ1n) is 7.93. The highest BCUT2D eigenvalue weighted by molar-refractivity contribution is 7.15. The van der Waals surface area contributed by atoms with Crippen molar-refractivity contribution in [3.8, 4) is 0 Å². The lowest BCUT2D eigenvalue weighted by Gasteiger charge is -2.29. The van der Waals surface area contributed by atoms with Crippen LogP contribution >= 0.6 is 11.3 Å². The van der Waals surface area contributed by atoms with Crippen LogP contribution in [0.4, 0.5) is 5.13 Å². The van der Waals surface area contributed by atoms with Crippen LogP contribution in [0.5, 0.6) is 0 Å². The maximum Gasteiger partial charge on any atom is 0.266 e. The van der Waals surface area contributed by atoms with Crippen LogP contribution in [0.3, 0.4) is 0 Å². The summed E-state index contributed by atoms with van der Waals surface area (Å²) in [5.74, 6) is 0.666. The summed E-state index contributed by atoms with van der Waals surface area (Å²) in [6, 6.07) is 3.93. The van der Waals surface area contributed by atoms with Crippen LogP contribution in [0.2, 0.25) is 0 Å². The molecule has 1 N–H and O–H groups in total. The average Bonchev–Trinajstić information content (AvgIpc) is 3.29. The molecule has 2 aliphatic rings. The van der Waals surface area contributed by atoms with E-state index in [0.29, 0.717) is 12.0 Å². The molecule has 116 valence electrons. The minimum Gasteiger partial charge on any atom is -0.357 e. The van der Waals surface area contributed by atoms with E-state index in [9.17, 15) is 4.79 Å². The molecule has 6 nitrogen and oxygen atoms in total. The van der Waals surface area contributed by atoms with Gasteiger partial charge < -0.3 is 5.32 Å². The van der Waals surface area contributed by atoms with Crippen LogP contribution in [0.25, 0.3) is 0 Å². The fourth-order valence-electron chi connectivity index (χ4n) is 3.07. The molecule has 2 aromatic heterocycles. The molecular weight excluding hydrogens is 298 g/mol. The smallest absolute Gasteiger partial charge is 0.266 e. The number of nitrogens with one attached hydrogen (secondary N) is 1. The van der Waals surface area contributed by atoms with E-state index in [0.717, 1.165) is 30.8 Å². The van der Waals surface area contributed by atoms with Gasteiger partial charge in [-0.05, 0) is 44.6 Å². The molecular formula is C15H19N5OS. The van der Waals surface area contributed by atoms with Gasteiger partial charge in [-0.25, -0.2) is 4.68 Å². The van der Waals surface area contributed by atoms with E-state index in [-0.39, 0.29) is 11.6 Å². The summed E-state index contributed by atoms with van der Waals surface area (Å²) in [4.78, 5) is 11.8. The second-order valence-electron chi connectivity index (χ2n) is 6.18. The standard InChI is InChI=1S/C15H19N5OS/c21-13-2-1-9-16-20(13)12-7-5-11(6-8-12)17-15-19-18-14(22-15)10-3-4-10/h1-2,9-12H,3-8H2,(H,17,19). The van der Waals surface area contributed by atoms with E-state index in [4.69, 9.17) is 0 Å². The molecule has 0 saturated heterocycles. The second kappa shape index (κ2) is 5.79. The van der Waals surface area contributed by atoms with Crippen molar-refractivity contribution in [2.75, 3.05) is 5.32 Å². The minimum absolute atomic E-state index is 0.00268. The van der Waals surface area contributed by atoms with Gasteiger partial charge >= 0.3 is 0 Å². The Kier molecular flexibility index (Phi) is 3.65. The SMILES string of the molecule is O=c1cccnn1C1CCC(Nc2nnc(C3CC3)s2)CC1. The summed E-state index contributed by atoms with van der Waals surface area (Å²) in [7, 11) is 0. The molecule has 0 unspecified atom stereocenters. The Labute approximate surface area is 132 Å². The molecule has 2 saturated carbocycles. The third-order valence-electron chi connectivity index (χ3n) is 4.48. The molecule has 7 heteroatoms. The van der Waals surface area contributed by atoms with Crippen molar-refractivity contribution < 1.29 is 0 Å². The molecule has 22 heavy (non-hydrogen) atoms. The number of nitrogens with zero attached hydrogens (tertiary/aromatic N) is 4. The van der Waals surface area contributed by atoms with Crippen LogP contribution in [0.1, 0.15) is 55.5 Å². The van der Waals surface area contributed by atoms with Gasteiger partial charge in [0.15, 0.2) is 0 Å². The number of hydrogen-bond acceptors (Lipinski definition) is 6. The van der Waals surface area contributed by atoms with E-state index >= 15 is 0 Å². The Bertz CT molecular complexity index is 700. The lowest BCUT2D eigenvalue weighted by Crippen LogP contribution is -2.32. The first kappa shape index (κ1) is 13.9. The molecule has 0 radical (unpaired) electrons. The molecule has 2 heterocycles. The van der Waals surface area contributed by atoms with Gasteiger partial charge in [-0.3, -0.25) is 4.79 Å². The van der Waals surface area contributed by atoms with Gasteiger partial charge in [-0.2, -0.15) is 5.10 Å².